The van der Waals surface area contributed by atoms with Crippen molar-refractivity contribution in [3.8, 4) is 0 Å². The van der Waals surface area contributed by atoms with Gasteiger partial charge in [0, 0.05) is 0 Å². The van der Waals surface area contributed by atoms with E-state index in [1.54, 1.807) is 0 Å². The summed E-state index contributed by atoms with van der Waals surface area (Å²) >= 11 is 0. The van der Waals surface area contributed by atoms with Gasteiger partial charge in [0.15, 0.2) is 11.6 Å². The third-order valence-electron chi connectivity index (χ3n) is 12.4. The molecule has 2 nitrogen and oxygen atoms in total. The lowest BCUT2D eigenvalue weighted by molar-refractivity contribution is -0.179. The molecule has 5 rings (SSSR count). The van der Waals surface area contributed by atoms with Crippen LogP contribution < -0.4 is 0 Å². The molecule has 0 aromatic heterocycles. The van der Waals surface area contributed by atoms with Crippen molar-refractivity contribution in [1.82, 2.24) is 0 Å². The maximum Gasteiger partial charge on any atom is 0.159 e. The summed E-state index contributed by atoms with van der Waals surface area (Å²) in [5, 5.41) is 0. The average Bonchev–Trinajstić information content (AvgIpc) is 2.93. The molecular weight excluding hydrogens is 428 g/mol. The van der Waals surface area contributed by atoms with E-state index < -0.39 is 10.8 Å². The third kappa shape index (κ3) is 4.83. The molecule has 2 spiro atoms. The van der Waals surface area contributed by atoms with Gasteiger partial charge in [0.2, 0.25) is 0 Å². The largest absolute Gasteiger partial charge is 0.297 e. The molecule has 5 fully saturated rings. The van der Waals surface area contributed by atoms with E-state index in [1.165, 1.54) is 83.5 Å². The molecule has 0 aromatic carbocycles. The summed E-state index contributed by atoms with van der Waals surface area (Å²) in [5.74, 6) is 6.03. The molecule has 0 unspecified atom stereocenters. The minimum Gasteiger partial charge on any atom is -0.297 e. The second kappa shape index (κ2) is 11.0. The minimum absolute atomic E-state index is 0.404. The number of carbonyl (C=O) groups excluding carboxylic acids is 2. The molecule has 0 radical (unpaired) electrons. The quantitative estimate of drug-likeness (QED) is 0.268. The number of ketones is 2. The number of Topliss-reactive ketones (excluding diaryl/α,β-unsaturated/α-hetero) is 2. The van der Waals surface area contributed by atoms with Gasteiger partial charge in [-0.05, 0) is 113 Å². The van der Waals surface area contributed by atoms with Crippen molar-refractivity contribution in [2.45, 2.75) is 149 Å². The number of hydrogen-bond acceptors (Lipinski definition) is 2. The highest BCUT2D eigenvalue weighted by molar-refractivity contribution is 6.30. The molecule has 0 bridgehead atoms. The van der Waals surface area contributed by atoms with E-state index in [-0.39, 0.29) is 0 Å². The molecule has 35 heavy (non-hydrogen) atoms. The number of carbonyl (C=O) groups is 2. The standard InChI is InChI=1S/C33H54O2/c1-3-5-6-7-25-10-14-27(15-11-25)29-18-22-33(23-19-29)30(34)32(31(33)35)20-16-28(17-21-32)26-12-8-24(4-2)9-13-26/h24-29H,3-23H2,1-2H3. The van der Waals surface area contributed by atoms with E-state index in [2.05, 4.69) is 13.8 Å². The Balaban J connectivity index is 1.08. The van der Waals surface area contributed by atoms with Crippen LogP contribution in [0.4, 0.5) is 0 Å². The summed E-state index contributed by atoms with van der Waals surface area (Å²) in [6.07, 6.45) is 26.3. The lowest BCUT2D eigenvalue weighted by atomic mass is 9.41. The first-order valence-electron chi connectivity index (χ1n) is 16.1. The van der Waals surface area contributed by atoms with Crippen LogP contribution in [0.1, 0.15) is 149 Å². The molecule has 5 aliphatic rings. The Hall–Kier alpha value is -0.660. The van der Waals surface area contributed by atoms with Crippen LogP contribution in [0.2, 0.25) is 0 Å². The maximum atomic E-state index is 13.7. The fraction of sp³-hybridized carbons (Fsp3) is 0.939. The molecule has 0 aromatic rings. The Morgan fingerprint density at radius 3 is 1.34 bits per heavy atom. The van der Waals surface area contributed by atoms with E-state index in [1.807, 2.05) is 0 Å². The van der Waals surface area contributed by atoms with Crippen molar-refractivity contribution >= 4 is 11.6 Å². The van der Waals surface area contributed by atoms with Crippen LogP contribution in [0, 0.1) is 46.3 Å². The van der Waals surface area contributed by atoms with Crippen LogP contribution in [-0.2, 0) is 9.59 Å². The van der Waals surface area contributed by atoms with Crippen molar-refractivity contribution in [3.05, 3.63) is 0 Å². The maximum absolute atomic E-state index is 13.7. The van der Waals surface area contributed by atoms with Gasteiger partial charge in [0.25, 0.3) is 0 Å². The number of rotatable bonds is 7. The first-order chi connectivity index (χ1) is 17.0. The fourth-order valence-corrected chi connectivity index (χ4v) is 9.88. The van der Waals surface area contributed by atoms with Crippen LogP contribution in [0.15, 0.2) is 0 Å². The van der Waals surface area contributed by atoms with E-state index in [9.17, 15) is 9.59 Å². The van der Waals surface area contributed by atoms with Gasteiger partial charge in [-0.25, -0.2) is 0 Å². The molecule has 0 atom stereocenters. The molecule has 0 heterocycles. The van der Waals surface area contributed by atoms with Crippen molar-refractivity contribution in [1.29, 1.82) is 0 Å². The summed E-state index contributed by atoms with van der Waals surface area (Å²) in [7, 11) is 0. The second-order valence-electron chi connectivity index (χ2n) is 14.0. The van der Waals surface area contributed by atoms with Crippen molar-refractivity contribution in [2.75, 3.05) is 0 Å². The summed E-state index contributed by atoms with van der Waals surface area (Å²) in [4.78, 5) is 27.4. The minimum atomic E-state index is -0.542. The fourth-order valence-electron chi connectivity index (χ4n) is 9.88. The number of hydrogen-bond donors (Lipinski definition) is 0. The highest BCUT2D eigenvalue weighted by atomic mass is 16.2. The van der Waals surface area contributed by atoms with Crippen molar-refractivity contribution in [2.24, 2.45) is 46.3 Å². The summed E-state index contributed by atoms with van der Waals surface area (Å²) < 4.78 is 0. The zero-order valence-corrected chi connectivity index (χ0v) is 23.1. The third-order valence-corrected chi connectivity index (χ3v) is 12.4. The van der Waals surface area contributed by atoms with Gasteiger partial charge in [-0.1, -0.05) is 71.6 Å². The Morgan fingerprint density at radius 2 is 0.943 bits per heavy atom. The average molecular weight is 483 g/mol. The summed E-state index contributed by atoms with van der Waals surface area (Å²) in [6, 6.07) is 0. The summed E-state index contributed by atoms with van der Waals surface area (Å²) in [6.45, 7) is 4.64. The highest BCUT2D eigenvalue weighted by Crippen LogP contribution is 2.63. The van der Waals surface area contributed by atoms with Gasteiger partial charge in [0.1, 0.15) is 0 Å². The molecule has 2 heteroatoms. The molecular formula is C33H54O2. The number of unbranched alkanes of at least 4 members (excludes halogenated alkanes) is 2. The van der Waals surface area contributed by atoms with Gasteiger partial charge in [-0.15, -0.1) is 0 Å². The molecule has 0 N–H and O–H groups in total. The van der Waals surface area contributed by atoms with Crippen molar-refractivity contribution in [3.63, 3.8) is 0 Å². The zero-order valence-electron chi connectivity index (χ0n) is 23.1. The topological polar surface area (TPSA) is 34.1 Å². The highest BCUT2D eigenvalue weighted by Gasteiger charge is 2.71. The van der Waals surface area contributed by atoms with Gasteiger partial charge in [0.05, 0.1) is 10.8 Å². The van der Waals surface area contributed by atoms with Gasteiger partial charge < -0.3 is 0 Å². The molecule has 198 valence electrons. The van der Waals surface area contributed by atoms with Crippen LogP contribution in [-0.4, -0.2) is 11.6 Å². The molecule has 5 aliphatic carbocycles. The summed E-state index contributed by atoms with van der Waals surface area (Å²) in [5.41, 5.74) is -1.08. The van der Waals surface area contributed by atoms with Crippen LogP contribution in [0.25, 0.3) is 0 Å². The smallest absolute Gasteiger partial charge is 0.159 e. The van der Waals surface area contributed by atoms with E-state index in [0.29, 0.717) is 11.6 Å². The molecule has 0 saturated heterocycles. The molecule has 0 aliphatic heterocycles. The first-order valence-corrected chi connectivity index (χ1v) is 16.1. The Labute approximate surface area is 216 Å². The van der Waals surface area contributed by atoms with Gasteiger partial charge in [-0.3, -0.25) is 9.59 Å². The lowest BCUT2D eigenvalue weighted by Gasteiger charge is -2.58. The molecule has 0 amide bonds. The second-order valence-corrected chi connectivity index (χ2v) is 14.0. The van der Waals surface area contributed by atoms with E-state index in [0.717, 1.165) is 86.9 Å². The molecule has 5 saturated carbocycles. The van der Waals surface area contributed by atoms with Gasteiger partial charge in [-0.2, -0.15) is 0 Å². The predicted molar refractivity (Wildman–Crippen MR) is 144 cm³/mol. The Bertz CT molecular complexity index is 700. The first kappa shape index (κ1) is 26.0. The van der Waals surface area contributed by atoms with Crippen LogP contribution in [0.3, 0.4) is 0 Å². The SMILES string of the molecule is CCCCCC1CCC(C2CCC3(CC2)C(=O)C2(CCC(C4CCC(CC)CC4)CC2)C3=O)CC1. The van der Waals surface area contributed by atoms with Gasteiger partial charge >= 0.3 is 0 Å². The Morgan fingerprint density at radius 1 is 0.543 bits per heavy atom. The lowest BCUT2D eigenvalue weighted by Crippen LogP contribution is -2.68. The zero-order chi connectivity index (χ0) is 24.5. The van der Waals surface area contributed by atoms with Crippen LogP contribution in [0.5, 0.6) is 0 Å². The predicted octanol–water partition coefficient (Wildman–Crippen LogP) is 9.09. The van der Waals surface area contributed by atoms with E-state index >= 15 is 0 Å². The van der Waals surface area contributed by atoms with Crippen molar-refractivity contribution < 1.29 is 9.59 Å². The monoisotopic (exact) mass is 482 g/mol. The van der Waals surface area contributed by atoms with E-state index in [4.69, 9.17) is 0 Å². The Kier molecular flexibility index (Phi) is 8.15. The van der Waals surface area contributed by atoms with Crippen LogP contribution >= 0.6 is 0 Å². The normalized spacial score (nSPS) is 44.5.